The number of hydrogen-bond donors (Lipinski definition) is 3. The third-order valence-corrected chi connectivity index (χ3v) is 2.94. The first-order chi connectivity index (χ1) is 9.20. The minimum absolute atomic E-state index is 0.144. The fraction of sp³-hybridized carbons (Fsp3) is 0.769. The fourth-order valence-corrected chi connectivity index (χ4v) is 2.13. The van der Waals surface area contributed by atoms with Crippen molar-refractivity contribution in [2.75, 3.05) is 13.1 Å². The van der Waals surface area contributed by atoms with Crippen molar-refractivity contribution in [1.82, 2.24) is 15.5 Å². The van der Waals surface area contributed by atoms with Crippen LogP contribution in [0, 0.1) is 0 Å². The van der Waals surface area contributed by atoms with E-state index >= 15 is 0 Å². The minimum Gasteiger partial charge on any atom is -0.480 e. The summed E-state index contributed by atoms with van der Waals surface area (Å²) in [6, 6.07) is -1.17. The quantitative estimate of drug-likeness (QED) is 0.702. The molecule has 1 aliphatic rings. The molecule has 0 aliphatic carbocycles. The number of hydrogen-bond acceptors (Lipinski definition) is 3. The van der Waals surface area contributed by atoms with E-state index in [9.17, 15) is 14.4 Å². The zero-order chi connectivity index (χ0) is 15.3. The summed E-state index contributed by atoms with van der Waals surface area (Å²) in [5, 5.41) is 14.4. The fourth-order valence-electron chi connectivity index (χ4n) is 2.13. The maximum absolute atomic E-state index is 11.8. The topological polar surface area (TPSA) is 98.7 Å². The molecule has 1 rings (SSSR count). The Morgan fingerprint density at radius 2 is 1.95 bits per heavy atom. The molecule has 20 heavy (non-hydrogen) atoms. The van der Waals surface area contributed by atoms with Crippen LogP contribution < -0.4 is 10.6 Å². The van der Waals surface area contributed by atoms with E-state index in [-0.39, 0.29) is 24.4 Å². The number of nitrogens with zero attached hydrogens (tertiary/aromatic N) is 1. The average molecular weight is 285 g/mol. The first kappa shape index (κ1) is 16.3. The van der Waals surface area contributed by atoms with Crippen LogP contribution in [0.4, 0.5) is 4.79 Å². The lowest BCUT2D eigenvalue weighted by Gasteiger charge is -2.22. The van der Waals surface area contributed by atoms with Crippen LogP contribution in [-0.4, -0.2) is 52.6 Å². The number of carbonyl (C=O) groups is 3. The van der Waals surface area contributed by atoms with E-state index in [0.29, 0.717) is 19.4 Å². The molecule has 1 atom stereocenters. The summed E-state index contributed by atoms with van der Waals surface area (Å²) in [5.74, 6) is -1.13. The monoisotopic (exact) mass is 285 g/mol. The highest BCUT2D eigenvalue weighted by molar-refractivity contribution is 5.83. The number of amides is 3. The van der Waals surface area contributed by atoms with Gasteiger partial charge in [0.2, 0.25) is 5.91 Å². The summed E-state index contributed by atoms with van der Waals surface area (Å²) in [6.07, 6.45) is 1.34. The number of aliphatic carboxylic acids is 1. The van der Waals surface area contributed by atoms with Gasteiger partial charge in [-0.1, -0.05) is 0 Å². The molecular weight excluding hydrogens is 262 g/mol. The zero-order valence-electron chi connectivity index (χ0n) is 12.2. The van der Waals surface area contributed by atoms with E-state index in [2.05, 4.69) is 10.6 Å². The molecule has 114 valence electrons. The molecular formula is C13H23N3O4. The second-order valence-corrected chi connectivity index (χ2v) is 5.97. The minimum atomic E-state index is -0.983. The van der Waals surface area contributed by atoms with E-state index in [4.69, 9.17) is 5.11 Å². The van der Waals surface area contributed by atoms with Crippen LogP contribution in [-0.2, 0) is 9.59 Å². The molecule has 1 saturated heterocycles. The van der Waals surface area contributed by atoms with E-state index in [0.717, 1.165) is 0 Å². The molecule has 0 saturated carbocycles. The lowest BCUT2D eigenvalue weighted by molar-refractivity contribution is -0.141. The first-order valence-electron chi connectivity index (χ1n) is 6.79. The summed E-state index contributed by atoms with van der Waals surface area (Å²) in [7, 11) is 0. The van der Waals surface area contributed by atoms with Gasteiger partial charge in [0.1, 0.15) is 6.04 Å². The number of carbonyl (C=O) groups excluding carboxylic acids is 2. The lowest BCUT2D eigenvalue weighted by Crippen LogP contribution is -2.47. The van der Waals surface area contributed by atoms with Gasteiger partial charge in [0.05, 0.1) is 0 Å². The predicted molar refractivity (Wildman–Crippen MR) is 73.3 cm³/mol. The van der Waals surface area contributed by atoms with Crippen molar-refractivity contribution >= 4 is 17.9 Å². The van der Waals surface area contributed by atoms with Crippen molar-refractivity contribution in [2.45, 2.75) is 51.6 Å². The van der Waals surface area contributed by atoms with E-state index in [1.54, 1.807) is 0 Å². The Labute approximate surface area is 118 Å². The smallest absolute Gasteiger partial charge is 0.326 e. The SMILES string of the molecule is CC(C)(C)NC(=O)CCNC(=O)N1CCC[C@@H]1C(=O)O. The molecule has 0 spiro atoms. The summed E-state index contributed by atoms with van der Waals surface area (Å²) in [6.45, 7) is 6.28. The molecule has 0 unspecified atom stereocenters. The molecule has 7 nitrogen and oxygen atoms in total. The maximum atomic E-state index is 11.8. The van der Waals surface area contributed by atoms with Gasteiger partial charge in [-0.15, -0.1) is 0 Å². The summed E-state index contributed by atoms with van der Waals surface area (Å²) < 4.78 is 0. The van der Waals surface area contributed by atoms with Crippen molar-refractivity contribution in [3.05, 3.63) is 0 Å². The van der Waals surface area contributed by atoms with E-state index in [1.165, 1.54) is 4.90 Å². The number of carboxylic acids is 1. The molecule has 0 aromatic rings. The molecule has 7 heteroatoms. The highest BCUT2D eigenvalue weighted by atomic mass is 16.4. The highest BCUT2D eigenvalue weighted by Gasteiger charge is 2.33. The van der Waals surface area contributed by atoms with Crippen molar-refractivity contribution in [3.63, 3.8) is 0 Å². The molecule has 0 bridgehead atoms. The Balaban J connectivity index is 2.33. The van der Waals surface area contributed by atoms with Crippen molar-refractivity contribution in [3.8, 4) is 0 Å². The Kier molecular flexibility index (Phi) is 5.35. The van der Waals surface area contributed by atoms with Gasteiger partial charge in [-0.25, -0.2) is 9.59 Å². The Morgan fingerprint density at radius 1 is 1.30 bits per heavy atom. The van der Waals surface area contributed by atoms with Crippen LogP contribution in [0.5, 0.6) is 0 Å². The van der Waals surface area contributed by atoms with Gasteiger partial charge >= 0.3 is 12.0 Å². The molecule has 0 aromatic heterocycles. The third kappa shape index (κ3) is 5.07. The normalized spacial score (nSPS) is 18.8. The van der Waals surface area contributed by atoms with E-state index < -0.39 is 18.0 Å². The Morgan fingerprint density at radius 3 is 2.50 bits per heavy atom. The van der Waals surface area contributed by atoms with Gasteiger partial charge in [0.25, 0.3) is 0 Å². The number of nitrogens with one attached hydrogen (secondary N) is 2. The molecule has 3 amide bonds. The van der Waals surface area contributed by atoms with Crippen LogP contribution in [0.2, 0.25) is 0 Å². The second-order valence-electron chi connectivity index (χ2n) is 5.97. The largest absolute Gasteiger partial charge is 0.480 e. The average Bonchev–Trinajstić information content (AvgIpc) is 2.74. The first-order valence-corrected chi connectivity index (χ1v) is 6.79. The maximum Gasteiger partial charge on any atom is 0.326 e. The molecule has 0 radical (unpaired) electrons. The van der Waals surface area contributed by atoms with Crippen LogP contribution in [0.1, 0.15) is 40.0 Å². The summed E-state index contributed by atoms with van der Waals surface area (Å²) in [5.41, 5.74) is -0.301. The summed E-state index contributed by atoms with van der Waals surface area (Å²) >= 11 is 0. The molecule has 3 N–H and O–H groups in total. The second kappa shape index (κ2) is 6.58. The van der Waals surface area contributed by atoms with Crippen LogP contribution in [0.15, 0.2) is 0 Å². The van der Waals surface area contributed by atoms with Gasteiger partial charge in [-0.3, -0.25) is 4.79 Å². The standard InChI is InChI=1S/C13H23N3O4/c1-13(2,3)15-10(17)6-7-14-12(20)16-8-4-5-9(16)11(18)19/h9H,4-8H2,1-3H3,(H,14,20)(H,15,17)(H,18,19)/t9-/m1/s1. The number of carboxylic acid groups (broad SMARTS) is 1. The summed E-state index contributed by atoms with van der Waals surface area (Å²) in [4.78, 5) is 35.7. The van der Waals surface area contributed by atoms with Gasteiger partial charge < -0.3 is 20.6 Å². The number of rotatable bonds is 4. The van der Waals surface area contributed by atoms with Crippen LogP contribution >= 0.6 is 0 Å². The van der Waals surface area contributed by atoms with Gasteiger partial charge in [-0.2, -0.15) is 0 Å². The van der Waals surface area contributed by atoms with Gasteiger partial charge in [0.15, 0.2) is 0 Å². The number of likely N-dealkylation sites (tertiary alicyclic amines) is 1. The predicted octanol–water partition coefficient (Wildman–Crippen LogP) is 0.550. The van der Waals surface area contributed by atoms with Gasteiger partial charge in [0, 0.05) is 25.0 Å². The molecule has 1 fully saturated rings. The number of urea groups is 1. The zero-order valence-corrected chi connectivity index (χ0v) is 12.2. The Hall–Kier alpha value is -1.79. The van der Waals surface area contributed by atoms with Crippen LogP contribution in [0.25, 0.3) is 0 Å². The van der Waals surface area contributed by atoms with Crippen molar-refractivity contribution < 1.29 is 19.5 Å². The third-order valence-electron chi connectivity index (χ3n) is 2.94. The molecule has 0 aromatic carbocycles. The highest BCUT2D eigenvalue weighted by Crippen LogP contribution is 2.17. The van der Waals surface area contributed by atoms with Crippen molar-refractivity contribution in [1.29, 1.82) is 0 Å². The Bertz CT molecular complexity index is 390. The van der Waals surface area contributed by atoms with E-state index in [1.807, 2.05) is 20.8 Å². The molecule has 1 heterocycles. The van der Waals surface area contributed by atoms with Gasteiger partial charge in [-0.05, 0) is 33.6 Å². The lowest BCUT2D eigenvalue weighted by atomic mass is 10.1. The van der Waals surface area contributed by atoms with Crippen molar-refractivity contribution in [2.24, 2.45) is 0 Å². The van der Waals surface area contributed by atoms with Crippen LogP contribution in [0.3, 0.4) is 0 Å². The molecule has 1 aliphatic heterocycles.